The number of hydrogen-bond donors (Lipinski definition) is 1. The lowest BCUT2D eigenvalue weighted by Gasteiger charge is -2.27. The summed E-state index contributed by atoms with van der Waals surface area (Å²) < 4.78 is 27.0. The molecule has 0 spiro atoms. The van der Waals surface area contributed by atoms with Crippen molar-refractivity contribution >= 4 is 28.1 Å². The maximum atomic E-state index is 13.3. The fourth-order valence-electron chi connectivity index (χ4n) is 4.06. The highest BCUT2D eigenvalue weighted by molar-refractivity contribution is 7.12. The van der Waals surface area contributed by atoms with Gasteiger partial charge < -0.3 is 14.8 Å². The average molecular weight is 502 g/mol. The molecule has 0 bridgehead atoms. The van der Waals surface area contributed by atoms with Gasteiger partial charge in [0.05, 0.1) is 35.4 Å². The van der Waals surface area contributed by atoms with Gasteiger partial charge in [-0.15, -0.1) is 11.3 Å². The van der Waals surface area contributed by atoms with Crippen LogP contribution in [0.4, 0.5) is 4.39 Å². The molecular formula is C28H24FN3O3S. The summed E-state index contributed by atoms with van der Waals surface area (Å²) in [6.07, 6.45) is 1.27. The molecule has 182 valence electrons. The second-order valence-corrected chi connectivity index (χ2v) is 9.26. The lowest BCUT2D eigenvalue weighted by Crippen LogP contribution is -2.38. The van der Waals surface area contributed by atoms with E-state index in [2.05, 4.69) is 10.4 Å². The largest absolute Gasteiger partial charge is 0.497 e. The molecule has 0 radical (unpaired) electrons. The molecule has 0 aliphatic rings. The van der Waals surface area contributed by atoms with Crippen LogP contribution in [0.5, 0.6) is 11.5 Å². The van der Waals surface area contributed by atoms with Crippen LogP contribution in [0, 0.1) is 5.82 Å². The van der Waals surface area contributed by atoms with E-state index < -0.39 is 6.10 Å². The molecule has 0 saturated heterocycles. The van der Waals surface area contributed by atoms with Crippen LogP contribution in [0.2, 0.25) is 0 Å². The summed E-state index contributed by atoms with van der Waals surface area (Å²) in [5, 5.41) is 10.3. The predicted molar refractivity (Wildman–Crippen MR) is 139 cm³/mol. The zero-order valence-electron chi connectivity index (χ0n) is 19.7. The van der Waals surface area contributed by atoms with Crippen molar-refractivity contribution < 1.29 is 18.7 Å². The Morgan fingerprint density at radius 3 is 2.61 bits per heavy atom. The van der Waals surface area contributed by atoms with Crippen LogP contribution in [-0.4, -0.2) is 28.8 Å². The van der Waals surface area contributed by atoms with Gasteiger partial charge in [0.15, 0.2) is 0 Å². The maximum Gasteiger partial charge on any atom is 0.261 e. The van der Waals surface area contributed by atoms with Gasteiger partial charge in [-0.25, -0.2) is 9.07 Å². The minimum atomic E-state index is -0.478. The second-order valence-electron chi connectivity index (χ2n) is 8.31. The van der Waals surface area contributed by atoms with Crippen LogP contribution >= 0.6 is 11.3 Å². The number of methoxy groups -OCH3 is 1. The van der Waals surface area contributed by atoms with Crippen molar-refractivity contribution in [2.75, 3.05) is 7.11 Å². The van der Waals surface area contributed by atoms with E-state index in [9.17, 15) is 9.18 Å². The predicted octanol–water partition coefficient (Wildman–Crippen LogP) is 6.17. The van der Waals surface area contributed by atoms with Crippen molar-refractivity contribution in [3.63, 3.8) is 0 Å². The van der Waals surface area contributed by atoms with Gasteiger partial charge in [-0.05, 0) is 78.5 Å². The zero-order chi connectivity index (χ0) is 25.1. The van der Waals surface area contributed by atoms with E-state index in [1.807, 2.05) is 60.8 Å². The average Bonchev–Trinajstić information content (AvgIpc) is 3.58. The number of aromatic nitrogens is 2. The molecule has 0 aliphatic carbocycles. The van der Waals surface area contributed by atoms with E-state index in [-0.39, 0.29) is 17.8 Å². The second kappa shape index (κ2) is 10.2. The molecule has 3 aromatic carbocycles. The molecule has 6 nitrogen and oxygen atoms in total. The first-order valence-corrected chi connectivity index (χ1v) is 12.3. The molecular weight excluding hydrogens is 477 g/mol. The highest BCUT2D eigenvalue weighted by Gasteiger charge is 2.25. The van der Waals surface area contributed by atoms with E-state index in [1.165, 1.54) is 23.5 Å². The van der Waals surface area contributed by atoms with Gasteiger partial charge in [-0.1, -0.05) is 18.2 Å². The van der Waals surface area contributed by atoms with Crippen molar-refractivity contribution in [3.05, 3.63) is 107 Å². The normalized spacial score (nSPS) is 12.8. The minimum Gasteiger partial charge on any atom is -0.497 e. The molecule has 0 unspecified atom stereocenters. The van der Waals surface area contributed by atoms with Crippen LogP contribution in [0.3, 0.4) is 0 Å². The molecule has 0 aliphatic heterocycles. The third-order valence-electron chi connectivity index (χ3n) is 5.85. The van der Waals surface area contributed by atoms with Gasteiger partial charge in [-0.3, -0.25) is 4.79 Å². The molecule has 1 N–H and O–H groups in total. The number of ether oxygens (including phenoxy) is 2. The van der Waals surface area contributed by atoms with E-state index in [0.717, 1.165) is 22.2 Å². The molecule has 8 heteroatoms. The summed E-state index contributed by atoms with van der Waals surface area (Å²) in [5.74, 6) is 0.889. The molecule has 5 rings (SSSR count). The molecule has 0 fully saturated rings. The van der Waals surface area contributed by atoms with Gasteiger partial charge >= 0.3 is 0 Å². The van der Waals surface area contributed by atoms with Crippen molar-refractivity contribution in [3.8, 4) is 17.2 Å². The molecule has 1 amide bonds. The summed E-state index contributed by atoms with van der Waals surface area (Å²) in [7, 11) is 1.61. The smallest absolute Gasteiger partial charge is 0.261 e. The SMILES string of the molecule is COc1cccc([C@@H](Oc2ccc3c(cnn3-c3ccc(F)cc3)c2)[C@H](C)NC(=O)c2cccs2)c1. The molecule has 2 atom stereocenters. The highest BCUT2D eigenvalue weighted by atomic mass is 32.1. The van der Waals surface area contributed by atoms with Gasteiger partial charge in [0.25, 0.3) is 5.91 Å². The Bertz CT molecular complexity index is 1480. The van der Waals surface area contributed by atoms with Crippen molar-refractivity contribution in [1.82, 2.24) is 15.1 Å². The Balaban J connectivity index is 1.44. The topological polar surface area (TPSA) is 65.4 Å². The van der Waals surface area contributed by atoms with Crippen LogP contribution in [0.1, 0.15) is 28.3 Å². The number of amides is 1. The molecule has 0 saturated carbocycles. The van der Waals surface area contributed by atoms with E-state index >= 15 is 0 Å². The zero-order valence-corrected chi connectivity index (χ0v) is 20.5. The molecule has 2 heterocycles. The number of halogens is 1. The van der Waals surface area contributed by atoms with Crippen molar-refractivity contribution in [2.45, 2.75) is 19.1 Å². The van der Waals surface area contributed by atoms with Crippen LogP contribution in [0.15, 0.2) is 90.4 Å². The summed E-state index contributed by atoms with van der Waals surface area (Å²) in [6.45, 7) is 1.92. The number of thiophene rings is 1. The van der Waals surface area contributed by atoms with Gasteiger partial charge in [0.2, 0.25) is 0 Å². The van der Waals surface area contributed by atoms with Crippen molar-refractivity contribution in [2.24, 2.45) is 0 Å². The summed E-state index contributed by atoms with van der Waals surface area (Å²) in [6, 6.07) is 22.8. The number of fused-ring (bicyclic) bond motifs is 1. The van der Waals surface area contributed by atoms with E-state index in [4.69, 9.17) is 9.47 Å². The first-order valence-electron chi connectivity index (χ1n) is 11.4. The van der Waals surface area contributed by atoms with Crippen LogP contribution in [0.25, 0.3) is 16.6 Å². The Morgan fingerprint density at radius 1 is 1.03 bits per heavy atom. The van der Waals surface area contributed by atoms with Crippen LogP contribution < -0.4 is 14.8 Å². The monoisotopic (exact) mass is 501 g/mol. The molecule has 36 heavy (non-hydrogen) atoms. The standard InChI is InChI=1S/C28H24FN3O3S/c1-18(31-28(33)26-7-4-14-36-26)27(19-5-3-6-23(15-19)34-2)35-24-12-13-25-20(16-24)17-30-32(25)22-10-8-21(29)9-11-22/h3-18,27H,1-2H3,(H,31,33)/t18-,27-/m0/s1. The fourth-order valence-corrected chi connectivity index (χ4v) is 4.68. The Hall–Kier alpha value is -4.17. The molecule has 2 aromatic heterocycles. The number of carbonyl (C=O) groups excluding carboxylic acids is 1. The van der Waals surface area contributed by atoms with Crippen molar-refractivity contribution in [1.29, 1.82) is 0 Å². The Labute approximate surface area is 211 Å². The number of benzene rings is 3. The van der Waals surface area contributed by atoms with Gasteiger partial charge in [-0.2, -0.15) is 5.10 Å². The quantitative estimate of drug-likeness (QED) is 0.276. The van der Waals surface area contributed by atoms with Gasteiger partial charge in [0.1, 0.15) is 23.4 Å². The number of hydrogen-bond acceptors (Lipinski definition) is 5. The fraction of sp³-hybridized carbons (Fsp3) is 0.143. The first-order chi connectivity index (χ1) is 17.5. The van der Waals surface area contributed by atoms with E-state index in [1.54, 1.807) is 36.2 Å². The molecule has 5 aromatic rings. The summed E-state index contributed by atoms with van der Waals surface area (Å²) >= 11 is 1.39. The Kier molecular flexibility index (Phi) is 6.69. The third kappa shape index (κ3) is 4.94. The maximum absolute atomic E-state index is 13.3. The summed E-state index contributed by atoms with van der Waals surface area (Å²) in [5.41, 5.74) is 2.50. The lowest BCUT2D eigenvalue weighted by molar-refractivity contribution is 0.0886. The number of carbonyl (C=O) groups is 1. The summed E-state index contributed by atoms with van der Waals surface area (Å²) in [4.78, 5) is 13.4. The number of nitrogens with zero attached hydrogens (tertiary/aromatic N) is 2. The van der Waals surface area contributed by atoms with Crippen LogP contribution in [-0.2, 0) is 0 Å². The van der Waals surface area contributed by atoms with E-state index in [0.29, 0.717) is 16.4 Å². The minimum absolute atomic E-state index is 0.148. The van der Waals surface area contributed by atoms with Gasteiger partial charge in [0, 0.05) is 5.39 Å². The lowest BCUT2D eigenvalue weighted by atomic mass is 10.0. The third-order valence-corrected chi connectivity index (χ3v) is 6.72. The Morgan fingerprint density at radius 2 is 1.86 bits per heavy atom. The highest BCUT2D eigenvalue weighted by Crippen LogP contribution is 2.30. The first kappa shape index (κ1) is 23.6. The number of rotatable bonds is 8. The number of nitrogens with one attached hydrogen (secondary N) is 1.